The predicted octanol–water partition coefficient (Wildman–Crippen LogP) is 3.21. The Bertz CT molecular complexity index is 351. The van der Waals surface area contributed by atoms with Crippen LogP contribution in [0.5, 0.6) is 0 Å². The largest absolute Gasteiger partial charge is 0.529 e. The summed E-state index contributed by atoms with van der Waals surface area (Å²) in [6.45, 7) is 5.38. The third-order valence-electron chi connectivity index (χ3n) is 2.39. The predicted molar refractivity (Wildman–Crippen MR) is 63.5 cm³/mol. The van der Waals surface area contributed by atoms with Crippen molar-refractivity contribution in [2.45, 2.75) is 40.0 Å². The molecule has 1 rings (SSSR count). The van der Waals surface area contributed by atoms with Crippen LogP contribution in [0, 0.1) is 0 Å². The Balaban J connectivity index is 2.83. The van der Waals surface area contributed by atoms with Gasteiger partial charge in [0.25, 0.3) is 0 Å². The lowest BCUT2D eigenvalue weighted by atomic mass is 10.2. The molecule has 0 spiro atoms. The number of rotatable bonds is 7. The van der Waals surface area contributed by atoms with E-state index >= 15 is 0 Å². The molecule has 0 aromatic rings. The van der Waals surface area contributed by atoms with Crippen LogP contribution in [0.4, 0.5) is 0 Å². The van der Waals surface area contributed by atoms with Crippen LogP contribution in [0.2, 0.25) is 0 Å². The second-order valence-corrected chi connectivity index (χ2v) is 5.28. The van der Waals surface area contributed by atoms with Crippen LogP contribution >= 0.6 is 7.82 Å². The van der Waals surface area contributed by atoms with Gasteiger partial charge in [-0.3, -0.25) is 13.8 Å². The fourth-order valence-electron chi connectivity index (χ4n) is 1.73. The van der Waals surface area contributed by atoms with Crippen LogP contribution < -0.4 is 0 Å². The van der Waals surface area contributed by atoms with Gasteiger partial charge in [-0.25, -0.2) is 4.57 Å². The molecular weight excluding hydrogens is 243 g/mol. The Hall–Kier alpha value is -0.640. The summed E-state index contributed by atoms with van der Waals surface area (Å²) in [5.74, 6) is 0.416. The van der Waals surface area contributed by atoms with E-state index in [1.165, 1.54) is 6.92 Å². The Morgan fingerprint density at radius 3 is 2.29 bits per heavy atom. The average Bonchev–Trinajstić information content (AvgIpc) is 2.66. The van der Waals surface area contributed by atoms with Gasteiger partial charge in [0.05, 0.1) is 13.2 Å². The molecule has 0 heterocycles. The van der Waals surface area contributed by atoms with Crippen LogP contribution in [-0.2, 0) is 22.9 Å². The van der Waals surface area contributed by atoms with Crippen molar-refractivity contribution in [3.8, 4) is 0 Å². The summed E-state index contributed by atoms with van der Waals surface area (Å²) in [6, 6.07) is 0. The minimum atomic E-state index is -3.56. The molecule has 98 valence electrons. The van der Waals surface area contributed by atoms with Crippen molar-refractivity contribution in [2.75, 3.05) is 13.2 Å². The lowest BCUT2D eigenvalue weighted by molar-refractivity contribution is -0.113. The van der Waals surface area contributed by atoms with Crippen LogP contribution in [0.3, 0.4) is 0 Å². The van der Waals surface area contributed by atoms with Crippen molar-refractivity contribution < 1.29 is 22.9 Å². The van der Waals surface area contributed by atoms with E-state index in [0.29, 0.717) is 24.2 Å². The Labute approximate surface area is 102 Å². The van der Waals surface area contributed by atoms with Gasteiger partial charge >= 0.3 is 7.82 Å². The highest BCUT2D eigenvalue weighted by atomic mass is 31.2. The number of carbonyl (C=O) groups excluding carboxylic acids is 1. The molecule has 0 N–H and O–H groups in total. The van der Waals surface area contributed by atoms with Crippen molar-refractivity contribution in [3.05, 3.63) is 11.3 Å². The maximum Gasteiger partial charge on any atom is 0.529 e. The Morgan fingerprint density at radius 1 is 1.24 bits per heavy atom. The Kier molecular flexibility index (Phi) is 5.37. The number of allylic oxidation sites excluding steroid dienone is 2. The lowest BCUT2D eigenvalue weighted by Gasteiger charge is -2.18. The molecule has 0 aliphatic heterocycles. The van der Waals surface area contributed by atoms with Crippen molar-refractivity contribution >= 4 is 13.6 Å². The summed E-state index contributed by atoms with van der Waals surface area (Å²) >= 11 is 0. The summed E-state index contributed by atoms with van der Waals surface area (Å²) in [7, 11) is -3.56. The topological polar surface area (TPSA) is 61.8 Å². The molecule has 0 fully saturated rings. The molecule has 1 aliphatic rings. The first-order valence-electron chi connectivity index (χ1n) is 5.84. The van der Waals surface area contributed by atoms with Gasteiger partial charge in [0.2, 0.25) is 0 Å². The van der Waals surface area contributed by atoms with Gasteiger partial charge in [-0.2, -0.15) is 0 Å². The molecular formula is C11H19O5P. The molecule has 0 saturated carbocycles. The summed E-state index contributed by atoms with van der Waals surface area (Å²) in [5.41, 5.74) is 0.602. The summed E-state index contributed by atoms with van der Waals surface area (Å²) in [6.07, 6.45) is 2.12. The lowest BCUT2D eigenvalue weighted by Crippen LogP contribution is -2.03. The molecule has 0 unspecified atom stereocenters. The molecule has 0 aromatic carbocycles. The molecule has 1 aliphatic carbocycles. The molecule has 0 amide bonds. The molecule has 5 nitrogen and oxygen atoms in total. The maximum atomic E-state index is 12.1. The zero-order valence-corrected chi connectivity index (χ0v) is 11.4. The normalized spacial score (nSPS) is 16.4. The van der Waals surface area contributed by atoms with Crippen LogP contribution in [0.1, 0.15) is 40.0 Å². The highest BCUT2D eigenvalue weighted by Crippen LogP contribution is 2.53. The van der Waals surface area contributed by atoms with Crippen molar-refractivity contribution in [1.29, 1.82) is 0 Å². The van der Waals surface area contributed by atoms with E-state index in [1.807, 2.05) is 0 Å². The summed E-state index contributed by atoms with van der Waals surface area (Å²) in [5, 5.41) is 0. The number of ketones is 1. The SMILES string of the molecule is CCOP(=O)(OCC)OC1=C(C(C)=O)CCC1. The van der Waals surface area contributed by atoms with Gasteiger partial charge in [-0.1, -0.05) is 0 Å². The molecule has 6 heteroatoms. The third-order valence-corrected chi connectivity index (χ3v) is 3.98. The first kappa shape index (κ1) is 14.4. The highest BCUT2D eigenvalue weighted by molar-refractivity contribution is 7.48. The second kappa shape index (κ2) is 6.34. The molecule has 17 heavy (non-hydrogen) atoms. The van der Waals surface area contributed by atoms with Crippen LogP contribution in [0.15, 0.2) is 11.3 Å². The highest BCUT2D eigenvalue weighted by Gasteiger charge is 2.31. The van der Waals surface area contributed by atoms with Gasteiger partial charge in [0, 0.05) is 12.0 Å². The smallest absolute Gasteiger partial charge is 0.408 e. The zero-order chi connectivity index (χ0) is 12.9. The van der Waals surface area contributed by atoms with E-state index in [1.54, 1.807) is 13.8 Å². The van der Waals surface area contributed by atoms with E-state index in [0.717, 1.165) is 6.42 Å². The van der Waals surface area contributed by atoms with Crippen LogP contribution in [0.25, 0.3) is 0 Å². The first-order chi connectivity index (χ1) is 8.02. The van der Waals surface area contributed by atoms with Gasteiger partial charge in [-0.05, 0) is 33.6 Å². The van der Waals surface area contributed by atoms with Gasteiger partial charge in [0.15, 0.2) is 5.78 Å². The maximum absolute atomic E-state index is 12.1. The second-order valence-electron chi connectivity index (χ2n) is 3.69. The number of Topliss-reactive ketones (excluding diaryl/α,β-unsaturated/α-hetero) is 1. The number of hydrogen-bond donors (Lipinski definition) is 0. The quantitative estimate of drug-likeness (QED) is 0.659. The minimum absolute atomic E-state index is 0.0444. The van der Waals surface area contributed by atoms with Gasteiger partial charge in [0.1, 0.15) is 5.76 Å². The van der Waals surface area contributed by atoms with E-state index < -0.39 is 7.82 Å². The number of carbonyl (C=O) groups is 1. The molecule has 0 aromatic heterocycles. The van der Waals surface area contributed by atoms with Crippen molar-refractivity contribution in [3.63, 3.8) is 0 Å². The summed E-state index contributed by atoms with van der Waals surface area (Å²) < 4.78 is 27.5. The zero-order valence-electron chi connectivity index (χ0n) is 10.5. The monoisotopic (exact) mass is 262 g/mol. The standard InChI is InChI=1S/C11H19O5P/c1-4-14-17(13,15-5-2)16-11-8-6-7-10(11)9(3)12/h4-8H2,1-3H3. The van der Waals surface area contributed by atoms with E-state index in [9.17, 15) is 9.36 Å². The first-order valence-corrected chi connectivity index (χ1v) is 7.30. The van der Waals surface area contributed by atoms with Crippen LogP contribution in [-0.4, -0.2) is 19.0 Å². The fraction of sp³-hybridized carbons (Fsp3) is 0.727. The molecule has 0 radical (unpaired) electrons. The number of hydrogen-bond acceptors (Lipinski definition) is 5. The fourth-order valence-corrected chi connectivity index (χ4v) is 3.01. The van der Waals surface area contributed by atoms with E-state index in [-0.39, 0.29) is 19.0 Å². The third kappa shape index (κ3) is 3.95. The molecule has 0 saturated heterocycles. The van der Waals surface area contributed by atoms with Gasteiger partial charge in [-0.15, -0.1) is 0 Å². The van der Waals surface area contributed by atoms with Gasteiger partial charge < -0.3 is 4.52 Å². The Morgan fingerprint density at radius 2 is 1.82 bits per heavy atom. The summed E-state index contributed by atoms with van der Waals surface area (Å²) in [4.78, 5) is 11.3. The molecule has 0 bridgehead atoms. The average molecular weight is 262 g/mol. The number of phosphoric acid groups is 1. The van der Waals surface area contributed by atoms with Crippen molar-refractivity contribution in [1.82, 2.24) is 0 Å². The molecule has 0 atom stereocenters. The van der Waals surface area contributed by atoms with E-state index in [4.69, 9.17) is 13.6 Å². The number of phosphoric ester groups is 1. The van der Waals surface area contributed by atoms with E-state index in [2.05, 4.69) is 0 Å². The minimum Gasteiger partial charge on any atom is -0.408 e. The van der Waals surface area contributed by atoms with Crippen molar-refractivity contribution in [2.24, 2.45) is 0 Å².